The molecular formula is C23H20ClF2NO2. The van der Waals surface area contributed by atoms with Crippen LogP contribution in [0.25, 0.3) is 11.6 Å². The third-order valence-electron chi connectivity index (χ3n) is 5.01. The van der Waals surface area contributed by atoms with Crippen molar-refractivity contribution in [2.24, 2.45) is 5.92 Å². The number of rotatable bonds is 5. The van der Waals surface area contributed by atoms with Crippen molar-refractivity contribution in [3.8, 4) is 0 Å². The summed E-state index contributed by atoms with van der Waals surface area (Å²) >= 11 is 5.88. The van der Waals surface area contributed by atoms with Crippen LogP contribution in [0.4, 0.5) is 8.78 Å². The van der Waals surface area contributed by atoms with E-state index in [4.69, 9.17) is 11.6 Å². The zero-order valence-electron chi connectivity index (χ0n) is 15.7. The lowest BCUT2D eigenvalue weighted by molar-refractivity contribution is -0.125. The van der Waals surface area contributed by atoms with Crippen LogP contribution < -0.4 is 5.32 Å². The molecule has 6 heteroatoms. The van der Waals surface area contributed by atoms with Gasteiger partial charge < -0.3 is 0 Å². The molecule has 29 heavy (non-hydrogen) atoms. The highest BCUT2D eigenvalue weighted by molar-refractivity contribution is 6.31. The zero-order chi connectivity index (χ0) is 21.0. The highest BCUT2D eigenvalue weighted by atomic mass is 35.5. The lowest BCUT2D eigenvalue weighted by atomic mass is 9.97. The summed E-state index contributed by atoms with van der Waals surface area (Å²) in [6.07, 6.45) is 5.19. The predicted octanol–water partition coefficient (Wildman–Crippen LogP) is 5.55. The van der Waals surface area contributed by atoms with E-state index in [0.29, 0.717) is 22.2 Å². The Morgan fingerprint density at radius 3 is 2.31 bits per heavy atom. The number of hydrogen-bond acceptors (Lipinski definition) is 2. The van der Waals surface area contributed by atoms with Crippen LogP contribution in [0.15, 0.2) is 54.6 Å². The number of carbonyl (C=O) groups is 2. The molecule has 1 aliphatic carbocycles. The fraction of sp³-hybridized carbons (Fsp3) is 0.217. The molecule has 1 N–H and O–H groups in total. The summed E-state index contributed by atoms with van der Waals surface area (Å²) < 4.78 is 27.7. The lowest BCUT2D eigenvalue weighted by Crippen LogP contribution is -2.33. The standard InChI is InChI=1S/C23H20ClF2NO2/c1-14(16-4-2-3-5-16)22(28)27-23(29)20(12-15-6-8-17(24)9-7-15)19-11-10-18(25)13-21(19)26/h6-13,16H,1-5H2,(H,27,28,29)/b20-12+. The molecule has 0 unspecified atom stereocenters. The van der Waals surface area contributed by atoms with Crippen LogP contribution in [-0.2, 0) is 9.59 Å². The molecule has 2 aromatic carbocycles. The molecule has 0 heterocycles. The van der Waals surface area contributed by atoms with Crippen molar-refractivity contribution in [1.82, 2.24) is 5.32 Å². The molecule has 1 aliphatic rings. The Morgan fingerprint density at radius 1 is 1.03 bits per heavy atom. The fourth-order valence-electron chi connectivity index (χ4n) is 3.41. The van der Waals surface area contributed by atoms with Crippen molar-refractivity contribution in [2.75, 3.05) is 0 Å². The van der Waals surface area contributed by atoms with Gasteiger partial charge >= 0.3 is 0 Å². The first kappa shape index (κ1) is 20.9. The summed E-state index contributed by atoms with van der Waals surface area (Å²) in [4.78, 5) is 25.3. The van der Waals surface area contributed by atoms with E-state index in [2.05, 4.69) is 11.9 Å². The van der Waals surface area contributed by atoms with Gasteiger partial charge in [0.05, 0.1) is 5.57 Å². The molecule has 0 aromatic heterocycles. The van der Waals surface area contributed by atoms with E-state index >= 15 is 0 Å². The van der Waals surface area contributed by atoms with Crippen molar-refractivity contribution in [3.05, 3.63) is 82.4 Å². The molecule has 1 saturated carbocycles. The van der Waals surface area contributed by atoms with E-state index in [1.165, 1.54) is 12.1 Å². The average molecular weight is 416 g/mol. The third-order valence-corrected chi connectivity index (χ3v) is 5.27. The Morgan fingerprint density at radius 2 is 1.69 bits per heavy atom. The van der Waals surface area contributed by atoms with Crippen LogP contribution in [0.3, 0.4) is 0 Å². The molecule has 0 bridgehead atoms. The summed E-state index contributed by atoms with van der Waals surface area (Å²) in [5.41, 5.74) is 0.710. The highest BCUT2D eigenvalue weighted by Gasteiger charge is 2.25. The molecule has 0 aliphatic heterocycles. The number of nitrogens with one attached hydrogen (secondary N) is 1. The van der Waals surface area contributed by atoms with Crippen LogP contribution in [-0.4, -0.2) is 11.8 Å². The summed E-state index contributed by atoms with van der Waals surface area (Å²) in [5.74, 6) is -2.97. The van der Waals surface area contributed by atoms with Crippen LogP contribution in [0.5, 0.6) is 0 Å². The van der Waals surface area contributed by atoms with E-state index in [1.54, 1.807) is 24.3 Å². The van der Waals surface area contributed by atoms with Crippen LogP contribution in [0, 0.1) is 17.6 Å². The molecule has 2 aromatic rings. The van der Waals surface area contributed by atoms with Crippen molar-refractivity contribution < 1.29 is 18.4 Å². The van der Waals surface area contributed by atoms with Gasteiger partial charge in [-0.15, -0.1) is 0 Å². The quantitative estimate of drug-likeness (QED) is 0.514. The number of carbonyl (C=O) groups excluding carboxylic acids is 2. The Labute approximate surface area is 173 Å². The second kappa shape index (κ2) is 9.14. The SMILES string of the molecule is C=C(C(=O)NC(=O)/C(=C/c1ccc(Cl)cc1)c1ccc(F)cc1F)C1CCCC1. The maximum atomic E-state index is 14.4. The Bertz CT molecular complexity index is 977. The van der Waals surface area contributed by atoms with Crippen LogP contribution in [0.2, 0.25) is 5.02 Å². The normalized spacial score (nSPS) is 14.7. The van der Waals surface area contributed by atoms with Gasteiger partial charge in [-0.1, -0.05) is 43.2 Å². The first-order chi connectivity index (χ1) is 13.8. The second-order valence-corrected chi connectivity index (χ2v) is 7.46. The van der Waals surface area contributed by atoms with Crippen LogP contribution in [0.1, 0.15) is 36.8 Å². The fourth-order valence-corrected chi connectivity index (χ4v) is 3.54. The molecule has 3 rings (SSSR count). The van der Waals surface area contributed by atoms with Gasteiger partial charge in [-0.05, 0) is 54.7 Å². The van der Waals surface area contributed by atoms with Crippen molar-refractivity contribution in [3.63, 3.8) is 0 Å². The first-order valence-corrected chi connectivity index (χ1v) is 9.70. The molecule has 0 radical (unpaired) electrons. The summed E-state index contributed by atoms with van der Waals surface area (Å²) in [7, 11) is 0. The zero-order valence-corrected chi connectivity index (χ0v) is 16.4. The van der Waals surface area contributed by atoms with Crippen LogP contribution >= 0.6 is 11.6 Å². The minimum Gasteiger partial charge on any atom is -0.288 e. The number of amides is 2. The van der Waals surface area contributed by atoms with Gasteiger partial charge in [-0.3, -0.25) is 14.9 Å². The molecular weight excluding hydrogens is 396 g/mol. The predicted molar refractivity (Wildman–Crippen MR) is 110 cm³/mol. The molecule has 0 spiro atoms. The summed E-state index contributed by atoms with van der Waals surface area (Å²) in [6, 6.07) is 9.46. The molecule has 0 saturated heterocycles. The van der Waals surface area contributed by atoms with Gasteiger partial charge in [0.2, 0.25) is 0 Å². The molecule has 2 amide bonds. The van der Waals surface area contributed by atoms with Gasteiger partial charge in [0.1, 0.15) is 11.6 Å². The molecule has 3 nitrogen and oxygen atoms in total. The largest absolute Gasteiger partial charge is 0.288 e. The highest BCUT2D eigenvalue weighted by Crippen LogP contribution is 2.30. The van der Waals surface area contributed by atoms with E-state index < -0.39 is 23.4 Å². The molecule has 1 fully saturated rings. The number of hydrogen-bond donors (Lipinski definition) is 1. The van der Waals surface area contributed by atoms with Gasteiger partial charge in [-0.25, -0.2) is 8.78 Å². The lowest BCUT2D eigenvalue weighted by Gasteiger charge is -2.14. The van der Waals surface area contributed by atoms with Crippen molar-refractivity contribution in [1.29, 1.82) is 0 Å². The summed E-state index contributed by atoms with van der Waals surface area (Å²) in [5, 5.41) is 2.80. The Hall–Kier alpha value is -2.79. The topological polar surface area (TPSA) is 46.2 Å². The molecule has 0 atom stereocenters. The van der Waals surface area contributed by atoms with Gasteiger partial charge in [-0.2, -0.15) is 0 Å². The monoisotopic (exact) mass is 415 g/mol. The maximum Gasteiger partial charge on any atom is 0.258 e. The third kappa shape index (κ3) is 5.18. The van der Waals surface area contributed by atoms with E-state index in [0.717, 1.165) is 31.7 Å². The van der Waals surface area contributed by atoms with Crippen molar-refractivity contribution >= 4 is 35.1 Å². The Balaban J connectivity index is 1.91. The average Bonchev–Trinajstić information content (AvgIpc) is 3.22. The van der Waals surface area contributed by atoms with Gasteiger partial charge in [0.15, 0.2) is 0 Å². The van der Waals surface area contributed by atoms with E-state index in [-0.39, 0.29) is 17.1 Å². The van der Waals surface area contributed by atoms with Gasteiger partial charge in [0, 0.05) is 22.2 Å². The Kier molecular flexibility index (Phi) is 6.60. The minimum atomic E-state index is -0.901. The number of imide groups is 1. The maximum absolute atomic E-state index is 14.4. The summed E-state index contributed by atoms with van der Waals surface area (Å²) in [6.45, 7) is 3.82. The van der Waals surface area contributed by atoms with E-state index in [1.807, 2.05) is 0 Å². The minimum absolute atomic E-state index is 0.0500. The van der Waals surface area contributed by atoms with Crippen molar-refractivity contribution in [2.45, 2.75) is 25.7 Å². The first-order valence-electron chi connectivity index (χ1n) is 9.32. The number of benzene rings is 2. The van der Waals surface area contributed by atoms with Gasteiger partial charge in [0.25, 0.3) is 11.8 Å². The number of halogens is 3. The smallest absolute Gasteiger partial charge is 0.258 e. The molecule has 150 valence electrons. The second-order valence-electron chi connectivity index (χ2n) is 7.02. The van der Waals surface area contributed by atoms with E-state index in [9.17, 15) is 18.4 Å².